The van der Waals surface area contributed by atoms with Crippen LogP contribution in [0, 0.1) is 5.92 Å². The number of benzene rings is 2. The fourth-order valence-electron chi connectivity index (χ4n) is 4.98. The van der Waals surface area contributed by atoms with Crippen molar-refractivity contribution in [2.24, 2.45) is 5.92 Å². The molecule has 4 rings (SSSR count). The number of fused-ring (bicyclic) bond motifs is 3. The van der Waals surface area contributed by atoms with Crippen LogP contribution in [0.25, 0.3) is 11.1 Å². The number of carbonyl (C=O) groups is 3. The first-order valence-electron chi connectivity index (χ1n) is 11.7. The number of hydrogen-bond donors (Lipinski definition) is 3. The molecular weight excluding hydrogens is 432 g/mol. The van der Waals surface area contributed by atoms with Gasteiger partial charge in [0.1, 0.15) is 6.61 Å². The van der Waals surface area contributed by atoms with Gasteiger partial charge >= 0.3 is 12.1 Å². The van der Waals surface area contributed by atoms with E-state index in [2.05, 4.69) is 34.9 Å². The Kier molecular flexibility index (Phi) is 7.30. The molecule has 2 aliphatic carbocycles. The number of alkyl carbamates (subject to hydrolysis) is 1. The van der Waals surface area contributed by atoms with Crippen LogP contribution in [0.1, 0.15) is 49.7 Å². The first-order chi connectivity index (χ1) is 16.4. The lowest BCUT2D eigenvalue weighted by Crippen LogP contribution is -2.40. The van der Waals surface area contributed by atoms with Crippen LogP contribution in [0.2, 0.25) is 0 Å². The maximum Gasteiger partial charge on any atom is 0.407 e. The highest BCUT2D eigenvalue weighted by Gasteiger charge is 2.32. The zero-order valence-corrected chi connectivity index (χ0v) is 19.3. The van der Waals surface area contributed by atoms with Gasteiger partial charge in [-0.05, 0) is 47.9 Å². The molecule has 3 N–H and O–H groups in total. The van der Waals surface area contributed by atoms with E-state index in [0.29, 0.717) is 0 Å². The van der Waals surface area contributed by atoms with Crippen molar-refractivity contribution in [2.75, 3.05) is 13.2 Å². The Hall–Kier alpha value is -3.61. The van der Waals surface area contributed by atoms with Crippen LogP contribution in [0.3, 0.4) is 0 Å². The van der Waals surface area contributed by atoms with Crippen LogP contribution in [-0.4, -0.2) is 42.3 Å². The van der Waals surface area contributed by atoms with Crippen molar-refractivity contribution in [1.82, 2.24) is 10.6 Å². The van der Waals surface area contributed by atoms with Gasteiger partial charge in [0.15, 0.2) is 0 Å². The van der Waals surface area contributed by atoms with Crippen molar-refractivity contribution in [1.29, 1.82) is 0 Å². The van der Waals surface area contributed by atoms with E-state index in [1.165, 1.54) is 35.3 Å². The first-order valence-corrected chi connectivity index (χ1v) is 11.7. The number of carboxylic acids is 1. The summed E-state index contributed by atoms with van der Waals surface area (Å²) in [6.07, 6.45) is 3.89. The zero-order valence-electron chi connectivity index (χ0n) is 19.3. The molecule has 0 heterocycles. The van der Waals surface area contributed by atoms with Crippen molar-refractivity contribution in [3.8, 4) is 11.1 Å². The van der Waals surface area contributed by atoms with Gasteiger partial charge in [-0.15, -0.1) is 0 Å². The van der Waals surface area contributed by atoms with E-state index in [0.717, 1.165) is 19.3 Å². The van der Waals surface area contributed by atoms with Gasteiger partial charge in [0.05, 0.1) is 0 Å². The zero-order chi connectivity index (χ0) is 24.1. The van der Waals surface area contributed by atoms with Gasteiger partial charge in [-0.1, -0.05) is 61.0 Å². The molecule has 1 fully saturated rings. The second kappa shape index (κ2) is 10.5. The molecule has 0 spiro atoms. The highest BCUT2D eigenvalue weighted by molar-refractivity contribution is 5.86. The van der Waals surface area contributed by atoms with Gasteiger partial charge in [0.25, 0.3) is 0 Å². The monoisotopic (exact) mass is 462 g/mol. The minimum Gasteiger partial charge on any atom is -0.478 e. The summed E-state index contributed by atoms with van der Waals surface area (Å²) in [5.74, 6) is -1.12. The number of carboxylic acid groups (broad SMARTS) is 1. The molecule has 2 atom stereocenters. The van der Waals surface area contributed by atoms with Gasteiger partial charge in [-0.25, -0.2) is 9.59 Å². The van der Waals surface area contributed by atoms with Crippen molar-refractivity contribution >= 4 is 18.0 Å². The molecule has 1 saturated carbocycles. The van der Waals surface area contributed by atoms with E-state index in [9.17, 15) is 14.4 Å². The summed E-state index contributed by atoms with van der Waals surface area (Å²) < 4.78 is 5.65. The number of amides is 2. The third-order valence-electron chi connectivity index (χ3n) is 6.80. The predicted molar refractivity (Wildman–Crippen MR) is 128 cm³/mol. The van der Waals surface area contributed by atoms with Crippen molar-refractivity contribution in [3.05, 3.63) is 71.3 Å². The molecule has 0 aliphatic heterocycles. The molecule has 178 valence electrons. The minimum absolute atomic E-state index is 0.00520. The normalized spacial score (nSPS) is 19.3. The number of rotatable bonds is 8. The Bertz CT molecular complexity index is 1060. The van der Waals surface area contributed by atoms with E-state index in [1.54, 1.807) is 0 Å². The van der Waals surface area contributed by atoms with Crippen LogP contribution in [0.5, 0.6) is 0 Å². The SMILES string of the molecule is C/C(=C\CNC(=O)C[C@@H]1CCC[C@H]1NC(=O)OCC1c2ccccc2-c2ccccc21)C(=O)O. The lowest BCUT2D eigenvalue weighted by Gasteiger charge is -2.21. The number of hydrogen-bond acceptors (Lipinski definition) is 4. The predicted octanol–water partition coefficient (Wildman–Crippen LogP) is 4.23. The molecule has 2 aromatic rings. The molecule has 0 radical (unpaired) electrons. The van der Waals surface area contributed by atoms with E-state index >= 15 is 0 Å². The third kappa shape index (κ3) is 5.30. The van der Waals surface area contributed by atoms with Crippen LogP contribution in [-0.2, 0) is 14.3 Å². The van der Waals surface area contributed by atoms with Crippen LogP contribution < -0.4 is 10.6 Å². The summed E-state index contributed by atoms with van der Waals surface area (Å²) >= 11 is 0. The van der Waals surface area contributed by atoms with Crippen molar-refractivity contribution < 1.29 is 24.2 Å². The van der Waals surface area contributed by atoms with Gasteiger partial charge < -0.3 is 20.5 Å². The maximum atomic E-state index is 12.6. The Morgan fingerprint density at radius 2 is 1.68 bits per heavy atom. The molecule has 0 bridgehead atoms. The summed E-state index contributed by atoms with van der Waals surface area (Å²) in [4.78, 5) is 35.7. The van der Waals surface area contributed by atoms with Gasteiger partial charge in [0, 0.05) is 30.5 Å². The molecule has 0 unspecified atom stereocenters. The summed E-state index contributed by atoms with van der Waals surface area (Å²) in [6, 6.07) is 16.3. The molecule has 34 heavy (non-hydrogen) atoms. The summed E-state index contributed by atoms with van der Waals surface area (Å²) in [5.41, 5.74) is 4.89. The largest absolute Gasteiger partial charge is 0.478 e. The molecule has 2 amide bonds. The van der Waals surface area contributed by atoms with Gasteiger partial charge in [0.2, 0.25) is 5.91 Å². The highest BCUT2D eigenvalue weighted by atomic mass is 16.5. The van der Waals surface area contributed by atoms with E-state index in [1.807, 2.05) is 24.3 Å². The molecule has 7 heteroatoms. The summed E-state index contributed by atoms with van der Waals surface area (Å²) in [7, 11) is 0. The van der Waals surface area contributed by atoms with Gasteiger partial charge in [-0.3, -0.25) is 4.79 Å². The quantitative estimate of drug-likeness (QED) is 0.509. The van der Waals surface area contributed by atoms with Crippen LogP contribution >= 0.6 is 0 Å². The second-order valence-corrected chi connectivity index (χ2v) is 8.97. The number of aliphatic carboxylic acids is 1. The molecule has 2 aliphatic rings. The standard InChI is InChI=1S/C27H30N2O5/c1-17(26(31)32)13-14-28-25(30)15-18-7-6-12-24(18)29-27(33)34-16-23-21-10-4-2-8-19(21)20-9-3-5-11-22(20)23/h2-5,8-11,13,18,23-24H,6-7,12,14-16H2,1H3,(H,28,30)(H,29,33)(H,31,32)/b17-13+/t18-,24+/m0/s1. The molecule has 7 nitrogen and oxygen atoms in total. The average Bonchev–Trinajstić information content (AvgIpc) is 3.39. The Balaban J connectivity index is 1.29. The van der Waals surface area contributed by atoms with E-state index < -0.39 is 12.1 Å². The lowest BCUT2D eigenvalue weighted by atomic mass is 9.98. The fraction of sp³-hybridized carbons (Fsp3) is 0.370. The number of nitrogens with one attached hydrogen (secondary N) is 2. The summed E-state index contributed by atoms with van der Waals surface area (Å²) in [6.45, 7) is 1.92. The topological polar surface area (TPSA) is 105 Å². The number of ether oxygens (including phenoxy) is 1. The van der Waals surface area contributed by atoms with Crippen molar-refractivity contribution in [3.63, 3.8) is 0 Å². The van der Waals surface area contributed by atoms with Crippen LogP contribution in [0.15, 0.2) is 60.2 Å². The molecule has 2 aromatic carbocycles. The molecule has 0 aromatic heterocycles. The summed E-state index contributed by atoms with van der Waals surface area (Å²) in [5, 5.41) is 14.6. The minimum atomic E-state index is -1.00. The molecule has 0 saturated heterocycles. The Labute approximate surface area is 199 Å². The van der Waals surface area contributed by atoms with E-state index in [4.69, 9.17) is 9.84 Å². The lowest BCUT2D eigenvalue weighted by molar-refractivity contribution is -0.132. The smallest absolute Gasteiger partial charge is 0.407 e. The Morgan fingerprint density at radius 1 is 1.03 bits per heavy atom. The first kappa shape index (κ1) is 23.5. The molecular formula is C27H30N2O5. The second-order valence-electron chi connectivity index (χ2n) is 8.97. The van der Waals surface area contributed by atoms with E-state index in [-0.39, 0.29) is 48.9 Å². The number of carbonyl (C=O) groups excluding carboxylic acids is 2. The Morgan fingerprint density at radius 3 is 2.32 bits per heavy atom. The third-order valence-corrected chi connectivity index (χ3v) is 6.80. The highest BCUT2D eigenvalue weighted by Crippen LogP contribution is 2.44. The average molecular weight is 463 g/mol. The van der Waals surface area contributed by atoms with Crippen molar-refractivity contribution in [2.45, 2.75) is 44.6 Å². The van der Waals surface area contributed by atoms with Gasteiger partial charge in [-0.2, -0.15) is 0 Å². The maximum absolute atomic E-state index is 12.6. The van der Waals surface area contributed by atoms with Crippen LogP contribution in [0.4, 0.5) is 4.79 Å². The fourth-order valence-corrected chi connectivity index (χ4v) is 4.98.